The zero-order valence-corrected chi connectivity index (χ0v) is 11.4. The zero-order valence-electron chi connectivity index (χ0n) is 11.4. The molecule has 1 heterocycles. The van der Waals surface area contributed by atoms with Gasteiger partial charge in [0.1, 0.15) is 11.7 Å². The maximum Gasteiger partial charge on any atom is 0.407 e. The van der Waals surface area contributed by atoms with Gasteiger partial charge >= 0.3 is 6.09 Å². The van der Waals surface area contributed by atoms with E-state index in [-0.39, 0.29) is 11.8 Å². The number of alkyl carbamates (subject to hydrolysis) is 1. The van der Waals surface area contributed by atoms with E-state index < -0.39 is 17.8 Å². The van der Waals surface area contributed by atoms with Gasteiger partial charge in [-0.15, -0.1) is 0 Å². The predicted octanol–water partition coefficient (Wildman–Crippen LogP) is 1.81. The molecule has 1 aliphatic rings. The highest BCUT2D eigenvalue weighted by molar-refractivity contribution is 5.98. The van der Waals surface area contributed by atoms with Gasteiger partial charge in [0, 0.05) is 6.61 Å². The topological polar surface area (TPSA) is 64.6 Å². The van der Waals surface area contributed by atoms with Crippen molar-refractivity contribution < 1.29 is 19.1 Å². The van der Waals surface area contributed by atoms with Crippen LogP contribution < -0.4 is 5.32 Å². The highest BCUT2D eigenvalue weighted by atomic mass is 16.6. The fourth-order valence-electron chi connectivity index (χ4n) is 1.70. The number of ether oxygens (including phenoxy) is 2. The van der Waals surface area contributed by atoms with Crippen molar-refractivity contribution in [1.29, 1.82) is 0 Å². The number of Topliss-reactive ketones (excluding diaryl/α,β-unsaturated/α-hetero) is 1. The quantitative estimate of drug-likeness (QED) is 0.781. The van der Waals surface area contributed by atoms with Crippen molar-refractivity contribution in [2.24, 2.45) is 0 Å². The minimum atomic E-state index is -0.644. The molecule has 1 aliphatic heterocycles. The third kappa shape index (κ3) is 4.14. The van der Waals surface area contributed by atoms with Crippen LogP contribution in [0.15, 0.2) is 12.2 Å². The molecular formula is C13H21NO4. The Bertz CT molecular complexity index is 356. The normalized spacial score (nSPS) is 23.6. The number of carbonyl (C=O) groups is 2. The molecule has 2 atom stereocenters. The van der Waals surface area contributed by atoms with Gasteiger partial charge in [-0.05, 0) is 39.7 Å². The average molecular weight is 255 g/mol. The molecule has 1 saturated heterocycles. The molecule has 5 nitrogen and oxygen atoms in total. The smallest absolute Gasteiger partial charge is 0.407 e. The fraction of sp³-hybridized carbons (Fsp3) is 0.692. The van der Waals surface area contributed by atoms with Crippen LogP contribution in [-0.4, -0.2) is 36.2 Å². The molecular weight excluding hydrogens is 234 g/mol. The Morgan fingerprint density at radius 2 is 2.00 bits per heavy atom. The van der Waals surface area contributed by atoms with E-state index in [0.717, 1.165) is 0 Å². The molecule has 18 heavy (non-hydrogen) atoms. The summed E-state index contributed by atoms with van der Waals surface area (Å²) in [5.41, 5.74) is -0.130. The number of ketones is 1. The Hall–Kier alpha value is -1.36. The second-order valence-electron chi connectivity index (χ2n) is 5.48. The summed E-state index contributed by atoms with van der Waals surface area (Å²) in [6.07, 6.45) is -0.573. The molecule has 1 amide bonds. The van der Waals surface area contributed by atoms with Crippen LogP contribution in [-0.2, 0) is 14.3 Å². The Morgan fingerprint density at radius 1 is 1.39 bits per heavy atom. The summed E-state index contributed by atoms with van der Waals surface area (Å²) in [4.78, 5) is 23.4. The van der Waals surface area contributed by atoms with E-state index in [2.05, 4.69) is 11.9 Å². The van der Waals surface area contributed by atoms with Crippen LogP contribution in [0.4, 0.5) is 4.79 Å². The van der Waals surface area contributed by atoms with Crippen molar-refractivity contribution >= 4 is 11.9 Å². The van der Waals surface area contributed by atoms with Crippen LogP contribution in [0.3, 0.4) is 0 Å². The van der Waals surface area contributed by atoms with Gasteiger partial charge in [0.25, 0.3) is 0 Å². The first-order valence-electron chi connectivity index (χ1n) is 6.01. The Morgan fingerprint density at radius 3 is 2.50 bits per heavy atom. The maximum absolute atomic E-state index is 11.8. The van der Waals surface area contributed by atoms with Crippen molar-refractivity contribution in [2.75, 3.05) is 6.61 Å². The summed E-state index contributed by atoms with van der Waals surface area (Å²) >= 11 is 0. The SMILES string of the molecule is C=C(C)C(=O)C1OCCC1NC(=O)OC(C)(C)C. The molecule has 0 aromatic rings. The van der Waals surface area contributed by atoms with Gasteiger partial charge in [0.2, 0.25) is 0 Å². The lowest BCUT2D eigenvalue weighted by Crippen LogP contribution is -2.46. The summed E-state index contributed by atoms with van der Waals surface area (Å²) in [5.74, 6) is -0.173. The molecule has 0 radical (unpaired) electrons. The molecule has 0 aromatic heterocycles. The van der Waals surface area contributed by atoms with E-state index >= 15 is 0 Å². The van der Waals surface area contributed by atoms with E-state index in [1.165, 1.54) is 0 Å². The molecule has 1 rings (SSSR count). The third-order valence-corrected chi connectivity index (χ3v) is 2.47. The van der Waals surface area contributed by atoms with Crippen molar-refractivity contribution in [3.8, 4) is 0 Å². The zero-order chi connectivity index (χ0) is 13.9. The second kappa shape index (κ2) is 5.52. The van der Waals surface area contributed by atoms with Gasteiger partial charge in [-0.2, -0.15) is 0 Å². The van der Waals surface area contributed by atoms with Gasteiger partial charge in [-0.1, -0.05) is 6.58 Å². The number of hydrogen-bond donors (Lipinski definition) is 1. The molecule has 5 heteroatoms. The summed E-state index contributed by atoms with van der Waals surface area (Å²) in [5, 5.41) is 2.67. The Balaban J connectivity index is 2.58. The molecule has 102 valence electrons. The number of nitrogens with one attached hydrogen (secondary N) is 1. The first kappa shape index (κ1) is 14.7. The molecule has 0 bridgehead atoms. The first-order chi connectivity index (χ1) is 8.20. The van der Waals surface area contributed by atoms with E-state index in [1.54, 1.807) is 27.7 Å². The molecule has 0 saturated carbocycles. The van der Waals surface area contributed by atoms with Crippen LogP contribution in [0, 0.1) is 0 Å². The van der Waals surface area contributed by atoms with Crippen molar-refractivity contribution in [2.45, 2.75) is 51.9 Å². The standard InChI is InChI=1S/C13H21NO4/c1-8(2)10(15)11-9(6-7-17-11)14-12(16)18-13(3,4)5/h9,11H,1,6-7H2,2-5H3,(H,14,16). The molecule has 1 N–H and O–H groups in total. The van der Waals surface area contributed by atoms with E-state index in [4.69, 9.17) is 9.47 Å². The fourth-order valence-corrected chi connectivity index (χ4v) is 1.70. The summed E-state index contributed by atoms with van der Waals surface area (Å²) in [6.45, 7) is 11.0. The number of hydrogen-bond acceptors (Lipinski definition) is 4. The predicted molar refractivity (Wildman–Crippen MR) is 67.3 cm³/mol. The van der Waals surface area contributed by atoms with Crippen LogP contribution in [0.2, 0.25) is 0 Å². The average Bonchev–Trinajstić information content (AvgIpc) is 2.61. The Labute approximate surface area is 108 Å². The van der Waals surface area contributed by atoms with Crippen LogP contribution in [0.25, 0.3) is 0 Å². The van der Waals surface area contributed by atoms with Gasteiger partial charge in [0.15, 0.2) is 5.78 Å². The summed E-state index contributed by atoms with van der Waals surface area (Å²) in [6, 6.07) is -0.343. The lowest BCUT2D eigenvalue weighted by atomic mass is 10.0. The van der Waals surface area contributed by atoms with E-state index in [9.17, 15) is 9.59 Å². The summed E-state index contributed by atoms with van der Waals surface area (Å²) in [7, 11) is 0. The molecule has 0 spiro atoms. The molecule has 1 fully saturated rings. The van der Waals surface area contributed by atoms with Crippen molar-refractivity contribution in [3.05, 3.63) is 12.2 Å². The van der Waals surface area contributed by atoms with Gasteiger partial charge in [-0.25, -0.2) is 4.79 Å². The lowest BCUT2D eigenvalue weighted by molar-refractivity contribution is -0.124. The largest absolute Gasteiger partial charge is 0.444 e. The lowest BCUT2D eigenvalue weighted by Gasteiger charge is -2.23. The Kier molecular flexibility index (Phi) is 4.51. The van der Waals surface area contributed by atoms with E-state index in [1.807, 2.05) is 0 Å². The van der Waals surface area contributed by atoms with Gasteiger partial charge in [0.05, 0.1) is 6.04 Å². The minimum absolute atomic E-state index is 0.173. The monoisotopic (exact) mass is 255 g/mol. The van der Waals surface area contributed by atoms with E-state index in [0.29, 0.717) is 18.6 Å². The van der Waals surface area contributed by atoms with Crippen molar-refractivity contribution in [1.82, 2.24) is 5.32 Å². The minimum Gasteiger partial charge on any atom is -0.444 e. The molecule has 2 unspecified atom stereocenters. The maximum atomic E-state index is 11.8. The highest BCUT2D eigenvalue weighted by Gasteiger charge is 2.36. The number of amides is 1. The first-order valence-corrected chi connectivity index (χ1v) is 6.01. The number of carbonyl (C=O) groups excluding carboxylic acids is 2. The third-order valence-electron chi connectivity index (χ3n) is 2.47. The van der Waals surface area contributed by atoms with Crippen LogP contribution in [0.5, 0.6) is 0 Å². The second-order valence-corrected chi connectivity index (χ2v) is 5.48. The van der Waals surface area contributed by atoms with Gasteiger partial charge < -0.3 is 14.8 Å². The number of rotatable bonds is 3. The van der Waals surface area contributed by atoms with Crippen LogP contribution in [0.1, 0.15) is 34.1 Å². The van der Waals surface area contributed by atoms with Crippen molar-refractivity contribution in [3.63, 3.8) is 0 Å². The molecule has 0 aromatic carbocycles. The molecule has 0 aliphatic carbocycles. The van der Waals surface area contributed by atoms with Crippen LogP contribution >= 0.6 is 0 Å². The van der Waals surface area contributed by atoms with Gasteiger partial charge in [-0.3, -0.25) is 4.79 Å². The highest BCUT2D eigenvalue weighted by Crippen LogP contribution is 2.18. The summed E-state index contributed by atoms with van der Waals surface area (Å²) < 4.78 is 10.5.